The molecule has 0 aliphatic carbocycles. The van der Waals surface area contributed by atoms with E-state index in [1.54, 1.807) is 0 Å². The number of nitrogens with zero attached hydrogens (tertiary/aromatic N) is 1. The number of hydrogen-bond acceptors (Lipinski definition) is 4. The maximum Gasteiger partial charge on any atom is 0.205 e. The van der Waals surface area contributed by atoms with Crippen molar-refractivity contribution in [3.05, 3.63) is 83.2 Å². The molecule has 0 fully saturated rings. The van der Waals surface area contributed by atoms with Crippen LogP contribution in [-0.4, -0.2) is 6.61 Å². The van der Waals surface area contributed by atoms with Crippen molar-refractivity contribution in [3.63, 3.8) is 0 Å². The Kier molecular flexibility index (Phi) is 3.98. The molecule has 128 valence electrons. The molecule has 4 nitrogen and oxygen atoms in total. The summed E-state index contributed by atoms with van der Waals surface area (Å²) in [6, 6.07) is 22.1. The summed E-state index contributed by atoms with van der Waals surface area (Å²) in [4.78, 5) is 0. The van der Waals surface area contributed by atoms with E-state index in [2.05, 4.69) is 18.2 Å². The minimum absolute atomic E-state index is 0.161. The van der Waals surface area contributed by atoms with Crippen molar-refractivity contribution in [3.8, 4) is 17.6 Å². The monoisotopic (exact) mass is 342 g/mol. The van der Waals surface area contributed by atoms with Crippen molar-refractivity contribution in [1.82, 2.24) is 0 Å². The molecule has 1 aliphatic rings. The molecule has 26 heavy (non-hydrogen) atoms. The molecule has 1 aliphatic heterocycles. The molecule has 0 spiro atoms. The van der Waals surface area contributed by atoms with Crippen LogP contribution in [0.25, 0.3) is 10.8 Å². The van der Waals surface area contributed by atoms with Crippen LogP contribution in [0, 0.1) is 11.3 Å². The molecule has 2 N–H and O–H groups in total. The van der Waals surface area contributed by atoms with E-state index in [9.17, 15) is 5.26 Å². The number of benzene rings is 3. The predicted octanol–water partition coefficient (Wildman–Crippen LogP) is 4.46. The smallest absolute Gasteiger partial charge is 0.205 e. The number of ether oxygens (including phenoxy) is 2. The Morgan fingerprint density at radius 1 is 1.08 bits per heavy atom. The van der Waals surface area contributed by atoms with E-state index in [1.165, 1.54) is 0 Å². The molecule has 4 rings (SSSR count). The lowest BCUT2D eigenvalue weighted by Crippen LogP contribution is -2.21. The van der Waals surface area contributed by atoms with Gasteiger partial charge < -0.3 is 15.2 Å². The first kappa shape index (κ1) is 16.0. The van der Waals surface area contributed by atoms with Crippen LogP contribution in [0.1, 0.15) is 24.0 Å². The lowest BCUT2D eigenvalue weighted by Gasteiger charge is -2.28. The van der Waals surface area contributed by atoms with Crippen molar-refractivity contribution in [2.45, 2.75) is 12.8 Å². The summed E-state index contributed by atoms with van der Waals surface area (Å²) in [5.41, 5.74) is 8.44. The average Bonchev–Trinajstić information content (AvgIpc) is 2.67. The van der Waals surface area contributed by atoms with Crippen molar-refractivity contribution >= 4 is 10.8 Å². The first-order valence-electron chi connectivity index (χ1n) is 8.55. The fourth-order valence-electron chi connectivity index (χ4n) is 3.50. The molecule has 0 saturated carbocycles. The van der Waals surface area contributed by atoms with Crippen LogP contribution >= 0.6 is 0 Å². The van der Waals surface area contributed by atoms with Gasteiger partial charge in [0, 0.05) is 5.56 Å². The zero-order valence-electron chi connectivity index (χ0n) is 14.4. The van der Waals surface area contributed by atoms with Gasteiger partial charge in [-0.15, -0.1) is 0 Å². The molecule has 0 saturated heterocycles. The Morgan fingerprint density at radius 3 is 2.58 bits per heavy atom. The molecular weight excluding hydrogens is 324 g/mol. The Labute approximate surface area is 152 Å². The fraction of sp³-hybridized carbons (Fsp3) is 0.136. The zero-order valence-corrected chi connectivity index (χ0v) is 14.4. The highest BCUT2D eigenvalue weighted by Crippen LogP contribution is 2.45. The van der Waals surface area contributed by atoms with Gasteiger partial charge in [0.25, 0.3) is 0 Å². The number of allylic oxidation sites excluding steroid dienone is 1. The summed E-state index contributed by atoms with van der Waals surface area (Å²) in [6.45, 7) is 2.56. The van der Waals surface area contributed by atoms with E-state index in [1.807, 2.05) is 55.5 Å². The van der Waals surface area contributed by atoms with Crippen LogP contribution < -0.4 is 15.2 Å². The minimum atomic E-state index is -0.273. The van der Waals surface area contributed by atoms with Gasteiger partial charge in [0.05, 0.1) is 12.5 Å². The molecule has 3 aromatic carbocycles. The second-order valence-corrected chi connectivity index (χ2v) is 6.13. The Bertz CT molecular complexity index is 1050. The van der Waals surface area contributed by atoms with Crippen LogP contribution in [0.3, 0.4) is 0 Å². The Balaban J connectivity index is 1.95. The summed E-state index contributed by atoms with van der Waals surface area (Å²) < 4.78 is 11.3. The normalized spacial score (nSPS) is 15.9. The third-order valence-corrected chi connectivity index (χ3v) is 4.64. The molecule has 0 aromatic heterocycles. The van der Waals surface area contributed by atoms with E-state index < -0.39 is 0 Å². The lowest BCUT2D eigenvalue weighted by atomic mass is 9.81. The molecule has 0 unspecified atom stereocenters. The number of nitriles is 1. The third kappa shape index (κ3) is 2.55. The van der Waals surface area contributed by atoms with Gasteiger partial charge >= 0.3 is 0 Å². The summed E-state index contributed by atoms with van der Waals surface area (Å²) >= 11 is 0. The maximum atomic E-state index is 9.74. The van der Waals surface area contributed by atoms with Gasteiger partial charge in [0.1, 0.15) is 23.1 Å². The lowest BCUT2D eigenvalue weighted by molar-refractivity contribution is 0.340. The first-order chi connectivity index (χ1) is 12.7. The topological polar surface area (TPSA) is 68.3 Å². The molecule has 1 heterocycles. The van der Waals surface area contributed by atoms with Crippen LogP contribution in [0.2, 0.25) is 0 Å². The predicted molar refractivity (Wildman–Crippen MR) is 101 cm³/mol. The van der Waals surface area contributed by atoms with Gasteiger partial charge in [-0.2, -0.15) is 5.26 Å². The summed E-state index contributed by atoms with van der Waals surface area (Å²) in [7, 11) is 0. The van der Waals surface area contributed by atoms with Gasteiger partial charge in [-0.25, -0.2) is 0 Å². The van der Waals surface area contributed by atoms with Crippen LogP contribution in [0.15, 0.2) is 72.1 Å². The van der Waals surface area contributed by atoms with E-state index in [0.717, 1.165) is 27.6 Å². The standard InChI is InChI=1S/C22H18N2O2/c1-2-25-16-10-7-15(8-11-16)20-18(13-23)22(24)26-19-12-9-14-5-3-4-6-17(14)21(19)20/h3-12,20H,2,24H2,1H3/t20-/m0/s1. The van der Waals surface area contributed by atoms with Gasteiger partial charge in [0.2, 0.25) is 5.88 Å². The number of hydrogen-bond donors (Lipinski definition) is 1. The SMILES string of the molecule is CCOc1ccc([C@H]2C(C#N)=C(N)Oc3ccc4ccccc4c32)cc1. The minimum Gasteiger partial charge on any atom is -0.494 e. The summed E-state index contributed by atoms with van der Waals surface area (Å²) in [6.07, 6.45) is 0. The second-order valence-electron chi connectivity index (χ2n) is 6.13. The van der Waals surface area contributed by atoms with Gasteiger partial charge in [0.15, 0.2) is 0 Å². The quantitative estimate of drug-likeness (QED) is 0.763. The second kappa shape index (κ2) is 6.45. The Morgan fingerprint density at radius 2 is 1.85 bits per heavy atom. The number of rotatable bonds is 3. The molecule has 3 aromatic rings. The van der Waals surface area contributed by atoms with Gasteiger partial charge in [-0.1, -0.05) is 42.5 Å². The van der Waals surface area contributed by atoms with Crippen molar-refractivity contribution in [1.29, 1.82) is 5.26 Å². The largest absolute Gasteiger partial charge is 0.494 e. The highest BCUT2D eigenvalue weighted by Gasteiger charge is 2.32. The zero-order chi connectivity index (χ0) is 18.1. The van der Waals surface area contributed by atoms with Crippen LogP contribution in [0.5, 0.6) is 11.5 Å². The average molecular weight is 342 g/mol. The summed E-state index contributed by atoms with van der Waals surface area (Å²) in [5.74, 6) is 1.38. The van der Waals surface area contributed by atoms with Crippen molar-refractivity contribution < 1.29 is 9.47 Å². The van der Waals surface area contributed by atoms with Gasteiger partial charge in [-0.3, -0.25) is 0 Å². The van der Waals surface area contributed by atoms with E-state index in [4.69, 9.17) is 15.2 Å². The first-order valence-corrected chi connectivity index (χ1v) is 8.55. The Hall–Kier alpha value is -3.45. The third-order valence-electron chi connectivity index (χ3n) is 4.64. The van der Waals surface area contributed by atoms with Crippen LogP contribution in [-0.2, 0) is 0 Å². The van der Waals surface area contributed by atoms with E-state index in [-0.39, 0.29) is 11.8 Å². The highest BCUT2D eigenvalue weighted by atomic mass is 16.5. The summed E-state index contributed by atoms with van der Waals surface area (Å²) in [5, 5.41) is 11.9. The fourth-order valence-corrected chi connectivity index (χ4v) is 3.50. The maximum absolute atomic E-state index is 9.74. The molecule has 4 heteroatoms. The van der Waals surface area contributed by atoms with E-state index >= 15 is 0 Å². The number of fused-ring (bicyclic) bond motifs is 3. The molecule has 0 bridgehead atoms. The van der Waals surface area contributed by atoms with Crippen LogP contribution in [0.4, 0.5) is 0 Å². The van der Waals surface area contributed by atoms with Crippen molar-refractivity contribution in [2.75, 3.05) is 6.61 Å². The molecule has 0 radical (unpaired) electrons. The van der Waals surface area contributed by atoms with Crippen molar-refractivity contribution in [2.24, 2.45) is 5.73 Å². The van der Waals surface area contributed by atoms with Gasteiger partial charge in [-0.05, 0) is 41.5 Å². The molecular formula is C22H18N2O2. The van der Waals surface area contributed by atoms with E-state index in [0.29, 0.717) is 17.9 Å². The highest BCUT2D eigenvalue weighted by molar-refractivity contribution is 5.90. The number of nitrogens with two attached hydrogens (primary N) is 1. The molecule has 1 atom stereocenters. The molecule has 0 amide bonds.